The summed E-state index contributed by atoms with van der Waals surface area (Å²) in [6.07, 6.45) is 3.71. The van der Waals surface area contributed by atoms with E-state index < -0.39 is 41.4 Å². The van der Waals surface area contributed by atoms with Gasteiger partial charge < -0.3 is 29.9 Å². The van der Waals surface area contributed by atoms with Gasteiger partial charge >= 0.3 is 0 Å². The maximum atomic E-state index is 13.5. The monoisotopic (exact) mass is 529 g/mol. The molecule has 3 N–H and O–H groups in total. The number of ketones is 1. The average molecular weight is 530 g/mol. The van der Waals surface area contributed by atoms with Crippen molar-refractivity contribution in [3.8, 4) is 0 Å². The quantitative estimate of drug-likeness (QED) is 0.299. The van der Waals surface area contributed by atoms with Crippen molar-refractivity contribution < 1.29 is 33.2 Å². The summed E-state index contributed by atoms with van der Waals surface area (Å²) in [6.45, 7) is 7.38. The molecule has 4 atom stereocenters. The van der Waals surface area contributed by atoms with E-state index in [1.807, 2.05) is 13.8 Å². The van der Waals surface area contributed by atoms with Crippen LogP contribution in [-0.4, -0.2) is 77.7 Å². The van der Waals surface area contributed by atoms with Crippen LogP contribution in [0, 0.1) is 12.8 Å². The Morgan fingerprint density at radius 1 is 1.11 bits per heavy atom. The predicted molar refractivity (Wildman–Crippen MR) is 135 cm³/mol. The molecule has 38 heavy (non-hydrogen) atoms. The smallest absolute Gasteiger partial charge is 0.274 e. The van der Waals surface area contributed by atoms with Gasteiger partial charge in [-0.15, -0.1) is 0 Å². The Labute approximate surface area is 221 Å². The Bertz CT molecular complexity index is 1130. The van der Waals surface area contributed by atoms with Crippen LogP contribution in [0.25, 0.3) is 0 Å². The third-order valence-electron chi connectivity index (χ3n) is 6.05. The summed E-state index contributed by atoms with van der Waals surface area (Å²) in [6, 6.07) is 1.96. The van der Waals surface area contributed by atoms with Gasteiger partial charge in [-0.25, -0.2) is 0 Å². The minimum atomic E-state index is -1.12. The van der Waals surface area contributed by atoms with Gasteiger partial charge in [0.2, 0.25) is 11.8 Å². The molecule has 1 aliphatic rings. The van der Waals surface area contributed by atoms with Gasteiger partial charge in [-0.2, -0.15) is 0 Å². The summed E-state index contributed by atoms with van der Waals surface area (Å²) in [5.41, 5.74) is -0.211. The van der Waals surface area contributed by atoms with Crippen molar-refractivity contribution in [2.75, 3.05) is 20.3 Å². The van der Waals surface area contributed by atoms with E-state index in [0.29, 0.717) is 24.4 Å². The molecule has 3 amide bonds. The average Bonchev–Trinajstić information content (AvgIpc) is 3.48. The van der Waals surface area contributed by atoms with Gasteiger partial charge in [0, 0.05) is 32.0 Å². The summed E-state index contributed by atoms with van der Waals surface area (Å²) >= 11 is 0. The fourth-order valence-corrected chi connectivity index (χ4v) is 3.89. The van der Waals surface area contributed by atoms with Crippen molar-refractivity contribution in [1.82, 2.24) is 26.1 Å². The molecule has 2 aromatic heterocycles. The number of pyridine rings is 1. The SMILES string of the molecule is COC[C@H](NC(=O)c1cc(C)on1)C(=O)N[C@@H](Cc1cccnc1)C(=O)N[C@@H](CC(C)C)C(=O)[C@@]1(C)CO1. The van der Waals surface area contributed by atoms with Gasteiger partial charge in [-0.05, 0) is 37.8 Å². The number of carbonyl (C=O) groups is 4. The van der Waals surface area contributed by atoms with Crippen LogP contribution in [0.4, 0.5) is 0 Å². The van der Waals surface area contributed by atoms with Crippen molar-refractivity contribution >= 4 is 23.5 Å². The van der Waals surface area contributed by atoms with Crippen molar-refractivity contribution in [2.24, 2.45) is 5.92 Å². The van der Waals surface area contributed by atoms with E-state index >= 15 is 0 Å². The number of amides is 3. The molecule has 0 spiro atoms. The van der Waals surface area contributed by atoms with Crippen molar-refractivity contribution in [1.29, 1.82) is 0 Å². The number of nitrogens with zero attached hydrogens (tertiary/aromatic N) is 2. The van der Waals surface area contributed by atoms with Crippen LogP contribution in [-0.2, 0) is 30.3 Å². The zero-order valence-electron chi connectivity index (χ0n) is 22.3. The number of aromatic nitrogens is 2. The molecule has 0 bridgehead atoms. The van der Waals surface area contributed by atoms with Crippen LogP contribution in [0.3, 0.4) is 0 Å². The van der Waals surface area contributed by atoms with Crippen LogP contribution < -0.4 is 16.0 Å². The van der Waals surface area contributed by atoms with Crippen LogP contribution in [0.2, 0.25) is 0 Å². The molecule has 1 saturated heterocycles. The van der Waals surface area contributed by atoms with Crippen molar-refractivity contribution in [3.63, 3.8) is 0 Å². The highest BCUT2D eigenvalue weighted by Crippen LogP contribution is 2.29. The molecule has 0 aromatic carbocycles. The highest BCUT2D eigenvalue weighted by Gasteiger charge is 2.50. The van der Waals surface area contributed by atoms with Gasteiger partial charge in [-0.3, -0.25) is 24.2 Å². The van der Waals surface area contributed by atoms with Crippen molar-refractivity contribution in [3.05, 3.63) is 47.6 Å². The number of Topliss-reactive ketones (excluding diaryl/α,β-unsaturated/α-hetero) is 1. The van der Waals surface area contributed by atoms with Crippen molar-refractivity contribution in [2.45, 2.75) is 64.3 Å². The minimum absolute atomic E-state index is 0.00638. The lowest BCUT2D eigenvalue weighted by Gasteiger charge is -2.26. The zero-order chi connectivity index (χ0) is 27.9. The van der Waals surface area contributed by atoms with Crippen LogP contribution in [0.15, 0.2) is 35.1 Å². The standard InChI is InChI=1S/C26H35N5O7/c1-15(2)9-18(22(32)26(4)14-37-26)28-23(33)19(11-17-7-6-8-27-12-17)29-25(35)21(13-36-5)30-24(34)20-10-16(3)38-31-20/h6-8,10,12,15,18-19,21H,9,11,13-14H2,1-5H3,(H,28,33)(H,29,35)(H,30,34)/t18-,19-,21-,26+/m0/s1. The molecule has 3 heterocycles. The first kappa shape index (κ1) is 28.9. The lowest BCUT2D eigenvalue weighted by Crippen LogP contribution is -2.58. The first-order valence-corrected chi connectivity index (χ1v) is 12.4. The Morgan fingerprint density at radius 3 is 2.34 bits per heavy atom. The molecule has 0 aliphatic carbocycles. The zero-order valence-corrected chi connectivity index (χ0v) is 22.3. The normalized spacial score (nSPS) is 18.8. The Balaban J connectivity index is 1.78. The second-order valence-electron chi connectivity index (χ2n) is 10.0. The summed E-state index contributed by atoms with van der Waals surface area (Å²) in [4.78, 5) is 56.4. The number of carbonyl (C=O) groups excluding carboxylic acids is 4. The highest BCUT2D eigenvalue weighted by molar-refractivity contribution is 5.99. The van der Waals surface area contributed by atoms with E-state index in [0.717, 1.165) is 0 Å². The van der Waals surface area contributed by atoms with Gasteiger partial charge in [0.15, 0.2) is 11.5 Å². The van der Waals surface area contributed by atoms with E-state index in [1.54, 1.807) is 38.4 Å². The number of methoxy groups -OCH3 is 1. The summed E-state index contributed by atoms with van der Waals surface area (Å²) < 4.78 is 15.4. The number of hydrogen-bond donors (Lipinski definition) is 3. The third-order valence-corrected chi connectivity index (χ3v) is 6.05. The van der Waals surface area contributed by atoms with Gasteiger partial charge in [0.1, 0.15) is 23.4 Å². The van der Waals surface area contributed by atoms with E-state index in [9.17, 15) is 19.2 Å². The second kappa shape index (κ2) is 12.7. The first-order chi connectivity index (χ1) is 18.0. The van der Waals surface area contributed by atoms with Crippen LogP contribution in [0.5, 0.6) is 0 Å². The van der Waals surface area contributed by atoms with E-state index in [1.165, 1.54) is 13.2 Å². The molecular weight excluding hydrogens is 494 g/mol. The molecule has 0 unspecified atom stereocenters. The number of hydrogen-bond acceptors (Lipinski definition) is 9. The molecule has 206 valence electrons. The van der Waals surface area contributed by atoms with E-state index in [4.69, 9.17) is 14.0 Å². The molecular formula is C26H35N5O7. The Kier molecular flexibility index (Phi) is 9.70. The van der Waals surface area contributed by atoms with Gasteiger partial charge in [0.05, 0.1) is 19.3 Å². The molecule has 2 aromatic rings. The largest absolute Gasteiger partial charge is 0.382 e. The molecule has 1 fully saturated rings. The minimum Gasteiger partial charge on any atom is -0.382 e. The molecule has 12 heteroatoms. The maximum Gasteiger partial charge on any atom is 0.274 e. The van der Waals surface area contributed by atoms with Crippen LogP contribution >= 0.6 is 0 Å². The van der Waals surface area contributed by atoms with Crippen LogP contribution in [0.1, 0.15) is 49.0 Å². The molecule has 0 radical (unpaired) electrons. The lowest BCUT2D eigenvalue weighted by atomic mass is 9.93. The number of ether oxygens (including phenoxy) is 2. The fourth-order valence-electron chi connectivity index (χ4n) is 3.89. The highest BCUT2D eigenvalue weighted by atomic mass is 16.6. The molecule has 12 nitrogen and oxygen atoms in total. The summed E-state index contributed by atoms with van der Waals surface area (Å²) in [5, 5.41) is 11.7. The summed E-state index contributed by atoms with van der Waals surface area (Å²) in [7, 11) is 1.38. The number of epoxide rings is 1. The third kappa shape index (κ3) is 7.93. The number of nitrogens with one attached hydrogen (secondary N) is 3. The van der Waals surface area contributed by atoms with E-state index in [-0.39, 0.29) is 30.4 Å². The Morgan fingerprint density at radius 2 is 1.79 bits per heavy atom. The number of rotatable bonds is 14. The maximum absolute atomic E-state index is 13.5. The second-order valence-corrected chi connectivity index (χ2v) is 10.0. The molecule has 1 aliphatic heterocycles. The van der Waals surface area contributed by atoms with Gasteiger partial charge in [-0.1, -0.05) is 25.1 Å². The molecule has 0 saturated carbocycles. The predicted octanol–water partition coefficient (Wildman–Crippen LogP) is 0.739. The first-order valence-electron chi connectivity index (χ1n) is 12.4. The topological polar surface area (TPSA) is 165 Å². The lowest BCUT2D eigenvalue weighted by molar-refractivity contribution is -0.133. The Hall–Kier alpha value is -3.64. The number of aryl methyl sites for hydroxylation is 1. The summed E-state index contributed by atoms with van der Waals surface area (Å²) in [5.74, 6) is -1.47. The molecule has 3 rings (SSSR count). The van der Waals surface area contributed by atoms with E-state index in [2.05, 4.69) is 26.1 Å². The van der Waals surface area contributed by atoms with Gasteiger partial charge in [0.25, 0.3) is 5.91 Å². The fraction of sp³-hybridized carbons (Fsp3) is 0.538.